The normalized spacial score (nSPS) is 16.2. The third-order valence-corrected chi connectivity index (χ3v) is 4.80. The molecule has 1 saturated heterocycles. The van der Waals surface area contributed by atoms with E-state index < -0.39 is 23.9 Å². The van der Waals surface area contributed by atoms with Crippen molar-refractivity contribution in [3.05, 3.63) is 59.2 Å². The Bertz CT molecular complexity index is 1110. The van der Waals surface area contributed by atoms with Crippen LogP contribution < -0.4 is 19.7 Å². The number of benzene rings is 2. The Balaban J connectivity index is 1.96. The summed E-state index contributed by atoms with van der Waals surface area (Å²) >= 11 is 5.20. The number of anilines is 1. The molecule has 160 valence electrons. The number of amides is 2. The third-order valence-electron chi connectivity index (χ3n) is 4.51. The van der Waals surface area contributed by atoms with Gasteiger partial charge in [-0.05, 0) is 67.5 Å². The van der Waals surface area contributed by atoms with Gasteiger partial charge in [-0.25, -0.2) is 4.79 Å². The summed E-state index contributed by atoms with van der Waals surface area (Å²) in [7, 11) is 1.40. The Morgan fingerprint density at radius 2 is 1.94 bits per heavy atom. The Morgan fingerprint density at radius 1 is 1.19 bits per heavy atom. The van der Waals surface area contributed by atoms with Crippen molar-refractivity contribution in [1.82, 2.24) is 5.32 Å². The predicted octanol–water partition coefficient (Wildman–Crippen LogP) is 2.69. The summed E-state index contributed by atoms with van der Waals surface area (Å²) in [5.41, 5.74) is 1.86. The summed E-state index contributed by atoms with van der Waals surface area (Å²) in [6, 6.07) is 11.8. The Labute approximate surface area is 184 Å². The number of methoxy groups -OCH3 is 1. The van der Waals surface area contributed by atoms with Crippen LogP contribution in [0.4, 0.5) is 5.69 Å². The summed E-state index contributed by atoms with van der Waals surface area (Å²) < 4.78 is 10.6. The highest BCUT2D eigenvalue weighted by Crippen LogP contribution is 2.30. The van der Waals surface area contributed by atoms with Crippen molar-refractivity contribution < 1.29 is 29.0 Å². The molecule has 2 N–H and O–H groups in total. The molecule has 2 aromatic rings. The number of carbonyl (C=O) groups is 3. The van der Waals surface area contributed by atoms with E-state index in [1.165, 1.54) is 31.1 Å². The molecule has 0 spiro atoms. The highest BCUT2D eigenvalue weighted by atomic mass is 32.1. The van der Waals surface area contributed by atoms with Crippen LogP contribution in [0.1, 0.15) is 18.1 Å². The van der Waals surface area contributed by atoms with Gasteiger partial charge in [0.1, 0.15) is 5.57 Å². The molecule has 9 heteroatoms. The van der Waals surface area contributed by atoms with Crippen LogP contribution in [0.2, 0.25) is 0 Å². The zero-order valence-electron chi connectivity index (χ0n) is 17.0. The molecule has 0 bridgehead atoms. The topological polar surface area (TPSA) is 105 Å². The van der Waals surface area contributed by atoms with Crippen LogP contribution in [0.5, 0.6) is 11.5 Å². The summed E-state index contributed by atoms with van der Waals surface area (Å²) in [5.74, 6) is -1.81. The van der Waals surface area contributed by atoms with Crippen molar-refractivity contribution in [1.29, 1.82) is 0 Å². The van der Waals surface area contributed by atoms with E-state index in [0.717, 1.165) is 5.56 Å². The maximum Gasteiger partial charge on any atom is 0.344 e. The molecular weight excluding hydrogens is 420 g/mol. The zero-order chi connectivity index (χ0) is 22.7. The highest BCUT2D eigenvalue weighted by Gasteiger charge is 2.34. The lowest BCUT2D eigenvalue weighted by Gasteiger charge is -2.29. The van der Waals surface area contributed by atoms with Crippen LogP contribution in [-0.4, -0.2) is 41.2 Å². The summed E-state index contributed by atoms with van der Waals surface area (Å²) in [4.78, 5) is 37.9. The first-order valence-corrected chi connectivity index (χ1v) is 9.67. The van der Waals surface area contributed by atoms with Gasteiger partial charge in [-0.1, -0.05) is 18.2 Å². The third kappa shape index (κ3) is 4.72. The van der Waals surface area contributed by atoms with E-state index in [0.29, 0.717) is 11.3 Å². The molecule has 1 aliphatic heterocycles. The fraction of sp³-hybridized carbons (Fsp3) is 0.182. The lowest BCUT2D eigenvalue weighted by Crippen LogP contribution is -2.54. The second-order valence-electron chi connectivity index (χ2n) is 6.81. The van der Waals surface area contributed by atoms with Gasteiger partial charge >= 0.3 is 5.97 Å². The van der Waals surface area contributed by atoms with Gasteiger partial charge in [0.25, 0.3) is 11.8 Å². The molecule has 2 amide bonds. The molecule has 31 heavy (non-hydrogen) atoms. The molecule has 0 aliphatic carbocycles. The largest absolute Gasteiger partial charge is 0.493 e. The van der Waals surface area contributed by atoms with Crippen molar-refractivity contribution in [3.8, 4) is 11.5 Å². The van der Waals surface area contributed by atoms with Crippen LogP contribution in [-0.2, 0) is 14.4 Å². The van der Waals surface area contributed by atoms with E-state index in [4.69, 9.17) is 26.8 Å². The van der Waals surface area contributed by atoms with Crippen molar-refractivity contribution in [3.63, 3.8) is 0 Å². The minimum atomic E-state index is -1.12. The maximum atomic E-state index is 13.1. The van der Waals surface area contributed by atoms with E-state index in [1.807, 2.05) is 13.0 Å². The van der Waals surface area contributed by atoms with Crippen LogP contribution >= 0.6 is 12.2 Å². The smallest absolute Gasteiger partial charge is 0.344 e. The molecule has 2 aromatic carbocycles. The number of ether oxygens (including phenoxy) is 2. The molecule has 1 atom stereocenters. The SMILES string of the molecule is COc1cc(/C=C2\C(=O)NC(=S)N(c3cccc(C)c3)C2=O)ccc1O[C@@H](C)C(=O)O. The fourth-order valence-corrected chi connectivity index (χ4v) is 3.22. The standard InChI is InChI=1S/C22H20N2O6S/c1-12-5-4-6-15(9-12)24-20(26)16(19(25)23-22(24)31)10-14-7-8-17(18(11-14)29-3)30-13(2)21(27)28/h4-11,13H,1-3H3,(H,27,28)(H,23,25,31)/b16-10+/t13-/m0/s1. The van der Waals surface area contributed by atoms with Crippen molar-refractivity contribution in [2.45, 2.75) is 20.0 Å². The minimum Gasteiger partial charge on any atom is -0.493 e. The minimum absolute atomic E-state index is 0.00161. The van der Waals surface area contributed by atoms with Gasteiger partial charge < -0.3 is 14.6 Å². The second kappa shape index (κ2) is 8.97. The van der Waals surface area contributed by atoms with Gasteiger partial charge in [-0.2, -0.15) is 0 Å². The number of carbonyl (C=O) groups excluding carboxylic acids is 2. The first-order valence-electron chi connectivity index (χ1n) is 9.27. The van der Waals surface area contributed by atoms with Gasteiger partial charge in [0, 0.05) is 0 Å². The molecule has 0 saturated carbocycles. The number of rotatable bonds is 6. The van der Waals surface area contributed by atoms with Gasteiger partial charge in [0.15, 0.2) is 22.7 Å². The fourth-order valence-electron chi connectivity index (χ4n) is 2.94. The van der Waals surface area contributed by atoms with Crippen molar-refractivity contribution in [2.24, 2.45) is 0 Å². The average molecular weight is 440 g/mol. The van der Waals surface area contributed by atoms with Gasteiger partial charge in [0.05, 0.1) is 12.8 Å². The summed E-state index contributed by atoms with van der Waals surface area (Å²) in [6.07, 6.45) is 0.336. The quantitative estimate of drug-likeness (QED) is 0.404. The molecule has 0 radical (unpaired) electrons. The van der Waals surface area contributed by atoms with Gasteiger partial charge in [-0.3, -0.25) is 19.8 Å². The number of nitrogens with one attached hydrogen (secondary N) is 1. The Morgan fingerprint density at radius 3 is 2.58 bits per heavy atom. The molecule has 3 rings (SSSR count). The number of carboxylic acids is 1. The Hall–Kier alpha value is -3.72. The van der Waals surface area contributed by atoms with Crippen LogP contribution in [0.25, 0.3) is 6.08 Å². The highest BCUT2D eigenvalue weighted by molar-refractivity contribution is 7.80. The van der Waals surface area contributed by atoms with E-state index in [9.17, 15) is 14.4 Å². The number of hydrogen-bond acceptors (Lipinski definition) is 6. The molecular formula is C22H20N2O6S. The number of hydrogen-bond donors (Lipinski definition) is 2. The zero-order valence-corrected chi connectivity index (χ0v) is 17.9. The number of aliphatic carboxylic acids is 1. The number of nitrogens with zero attached hydrogens (tertiary/aromatic N) is 1. The first-order chi connectivity index (χ1) is 14.7. The van der Waals surface area contributed by atoms with Crippen LogP contribution in [0.15, 0.2) is 48.0 Å². The summed E-state index contributed by atoms with van der Waals surface area (Å²) in [6.45, 7) is 3.28. The van der Waals surface area contributed by atoms with Gasteiger partial charge in [-0.15, -0.1) is 0 Å². The monoisotopic (exact) mass is 440 g/mol. The van der Waals surface area contributed by atoms with Crippen molar-refractivity contribution in [2.75, 3.05) is 12.0 Å². The molecule has 8 nitrogen and oxygen atoms in total. The van der Waals surface area contributed by atoms with Gasteiger partial charge in [0.2, 0.25) is 0 Å². The van der Waals surface area contributed by atoms with Crippen LogP contribution in [0.3, 0.4) is 0 Å². The molecule has 0 unspecified atom stereocenters. The number of thiocarbonyl (C=S) groups is 1. The Kier molecular flexibility index (Phi) is 6.36. The second-order valence-corrected chi connectivity index (χ2v) is 7.19. The molecule has 1 fully saturated rings. The molecule has 1 heterocycles. The lowest BCUT2D eigenvalue weighted by molar-refractivity contribution is -0.144. The van der Waals surface area contributed by atoms with E-state index in [2.05, 4.69) is 5.32 Å². The predicted molar refractivity (Wildman–Crippen MR) is 118 cm³/mol. The van der Waals surface area contributed by atoms with E-state index >= 15 is 0 Å². The lowest BCUT2D eigenvalue weighted by atomic mass is 10.1. The maximum absolute atomic E-state index is 13.1. The van der Waals surface area contributed by atoms with Crippen LogP contribution in [0, 0.1) is 6.92 Å². The number of aryl methyl sites for hydroxylation is 1. The first kappa shape index (κ1) is 22.0. The summed E-state index contributed by atoms with van der Waals surface area (Å²) in [5, 5.41) is 11.6. The molecule has 1 aliphatic rings. The number of carboxylic acid groups (broad SMARTS) is 1. The average Bonchev–Trinajstić information content (AvgIpc) is 2.71. The molecule has 0 aromatic heterocycles. The van der Waals surface area contributed by atoms with E-state index in [1.54, 1.807) is 30.3 Å². The van der Waals surface area contributed by atoms with Crippen molar-refractivity contribution >= 4 is 46.9 Å². The van der Waals surface area contributed by atoms with E-state index in [-0.39, 0.29) is 22.2 Å².